The van der Waals surface area contributed by atoms with E-state index < -0.39 is 13.0 Å². The Kier molecular flexibility index (Phi) is 6.44. The Hall–Kier alpha value is -0.640. The molecule has 0 radical (unpaired) electrons. The quantitative estimate of drug-likeness (QED) is 0.371. The molecule has 1 rings (SSSR count). The van der Waals surface area contributed by atoms with Gasteiger partial charge in [-0.15, -0.1) is 0 Å². The highest BCUT2D eigenvalue weighted by molar-refractivity contribution is 7.54. The Morgan fingerprint density at radius 3 is 2.20 bits per heavy atom. The predicted molar refractivity (Wildman–Crippen MR) is 77.7 cm³/mol. The van der Waals surface area contributed by atoms with Gasteiger partial charge < -0.3 is 13.8 Å². The number of carbonyl (C=O) groups excluding carboxylic acids is 1. The van der Waals surface area contributed by atoms with E-state index in [9.17, 15) is 9.36 Å². The van der Waals surface area contributed by atoms with E-state index in [0.717, 1.165) is 6.42 Å². The molecule has 5 nitrogen and oxygen atoms in total. The summed E-state index contributed by atoms with van der Waals surface area (Å²) < 4.78 is 27.8. The molecule has 0 aromatic carbocycles. The van der Waals surface area contributed by atoms with Gasteiger partial charge in [0.1, 0.15) is 0 Å². The van der Waals surface area contributed by atoms with E-state index in [-0.39, 0.29) is 18.0 Å². The van der Waals surface area contributed by atoms with Crippen LogP contribution in [0.3, 0.4) is 0 Å². The predicted octanol–water partition coefficient (Wildman–Crippen LogP) is 3.40. The zero-order valence-electron chi connectivity index (χ0n) is 12.8. The summed E-state index contributed by atoms with van der Waals surface area (Å²) in [6.07, 6.45) is 4.49. The van der Waals surface area contributed by atoms with E-state index in [2.05, 4.69) is 0 Å². The first-order valence-corrected chi connectivity index (χ1v) is 8.90. The Labute approximate surface area is 121 Å². The van der Waals surface area contributed by atoms with Crippen LogP contribution >= 0.6 is 7.60 Å². The summed E-state index contributed by atoms with van der Waals surface area (Å²) in [5, 5.41) is 0. The lowest BCUT2D eigenvalue weighted by Crippen LogP contribution is -2.18. The number of hydrogen-bond donors (Lipinski definition) is 0. The largest absolute Gasteiger partial charge is 0.465 e. The van der Waals surface area contributed by atoms with Gasteiger partial charge in [-0.2, -0.15) is 0 Å². The van der Waals surface area contributed by atoms with Crippen molar-refractivity contribution in [2.24, 2.45) is 11.3 Å². The van der Waals surface area contributed by atoms with Crippen LogP contribution in [0.4, 0.5) is 0 Å². The van der Waals surface area contributed by atoms with E-state index in [0.29, 0.717) is 19.8 Å². The molecule has 1 unspecified atom stereocenters. The first-order chi connectivity index (χ1) is 9.44. The van der Waals surface area contributed by atoms with Gasteiger partial charge in [0.25, 0.3) is 0 Å². The van der Waals surface area contributed by atoms with Crippen molar-refractivity contribution in [3.8, 4) is 0 Å². The maximum absolute atomic E-state index is 12.3. The molecule has 6 heteroatoms. The van der Waals surface area contributed by atoms with Crippen molar-refractivity contribution in [2.75, 3.05) is 26.0 Å². The summed E-state index contributed by atoms with van der Waals surface area (Å²) in [6.45, 7) is 8.40. The molecule has 0 spiro atoms. The molecule has 20 heavy (non-hydrogen) atoms. The fourth-order valence-corrected chi connectivity index (χ4v) is 3.66. The van der Waals surface area contributed by atoms with Crippen LogP contribution in [0.1, 0.15) is 34.1 Å². The third kappa shape index (κ3) is 4.18. The normalized spacial score (nSPS) is 25.9. The van der Waals surface area contributed by atoms with Gasteiger partial charge in [-0.25, -0.2) is 0 Å². The van der Waals surface area contributed by atoms with E-state index in [4.69, 9.17) is 13.8 Å². The molecule has 0 amide bonds. The molecule has 0 heterocycles. The lowest BCUT2D eigenvalue weighted by molar-refractivity contribution is -0.148. The van der Waals surface area contributed by atoms with Crippen LogP contribution in [0, 0.1) is 11.3 Å². The van der Waals surface area contributed by atoms with E-state index >= 15 is 0 Å². The molecule has 2 atom stereocenters. The van der Waals surface area contributed by atoms with Crippen molar-refractivity contribution in [3.05, 3.63) is 12.2 Å². The molecule has 0 aromatic rings. The van der Waals surface area contributed by atoms with Crippen molar-refractivity contribution in [2.45, 2.75) is 34.1 Å². The molecule has 1 fully saturated rings. The minimum atomic E-state index is -3.08. The topological polar surface area (TPSA) is 61.8 Å². The maximum Gasteiger partial charge on any atom is 0.334 e. The van der Waals surface area contributed by atoms with E-state index in [1.807, 2.05) is 6.92 Å². The van der Waals surface area contributed by atoms with Gasteiger partial charge in [0.05, 0.1) is 31.4 Å². The highest BCUT2D eigenvalue weighted by atomic mass is 31.2. The summed E-state index contributed by atoms with van der Waals surface area (Å²) >= 11 is 0. The Morgan fingerprint density at radius 2 is 1.80 bits per heavy atom. The monoisotopic (exact) mass is 304 g/mol. The molecule has 1 aliphatic rings. The van der Waals surface area contributed by atoms with Crippen molar-refractivity contribution in [1.29, 1.82) is 0 Å². The smallest absolute Gasteiger partial charge is 0.334 e. The number of allylic oxidation sites excluding steroid dienone is 1. The fourth-order valence-electron chi connectivity index (χ4n) is 2.23. The second-order valence-corrected chi connectivity index (χ2v) is 7.00. The van der Waals surface area contributed by atoms with Gasteiger partial charge in [0, 0.05) is 0 Å². The molecule has 0 N–H and O–H groups in total. The van der Waals surface area contributed by atoms with Crippen molar-refractivity contribution < 1.29 is 23.1 Å². The summed E-state index contributed by atoms with van der Waals surface area (Å²) in [4.78, 5) is 11.9. The van der Waals surface area contributed by atoms with Crippen molar-refractivity contribution in [3.63, 3.8) is 0 Å². The maximum atomic E-state index is 12.3. The second kappa shape index (κ2) is 7.39. The van der Waals surface area contributed by atoms with Crippen LogP contribution in [0.15, 0.2) is 12.2 Å². The number of carbonyl (C=O) groups is 1. The van der Waals surface area contributed by atoms with Gasteiger partial charge in [0.2, 0.25) is 0 Å². The Balaban J connectivity index is 2.66. The zero-order valence-corrected chi connectivity index (χ0v) is 13.7. The minimum absolute atomic E-state index is 0.183. The number of hydrogen-bond acceptors (Lipinski definition) is 5. The molecule has 0 saturated heterocycles. The van der Waals surface area contributed by atoms with Crippen LogP contribution in [-0.4, -0.2) is 32.0 Å². The summed E-state index contributed by atoms with van der Waals surface area (Å²) in [6, 6.07) is 0. The van der Waals surface area contributed by atoms with Gasteiger partial charge in [-0.1, -0.05) is 19.1 Å². The third-order valence-corrected chi connectivity index (χ3v) is 5.38. The van der Waals surface area contributed by atoms with Crippen LogP contribution in [0.5, 0.6) is 0 Å². The lowest BCUT2D eigenvalue weighted by atomic mass is 10.0. The van der Waals surface area contributed by atoms with Crippen LogP contribution < -0.4 is 0 Å². The number of esters is 1. The molecule has 1 saturated carbocycles. The Bertz CT molecular complexity index is 396. The van der Waals surface area contributed by atoms with Gasteiger partial charge in [-0.3, -0.25) is 9.36 Å². The molecule has 1 aliphatic carbocycles. The van der Waals surface area contributed by atoms with Gasteiger partial charge in [-0.05, 0) is 33.1 Å². The third-order valence-electron chi connectivity index (χ3n) is 3.41. The number of rotatable bonds is 9. The Morgan fingerprint density at radius 1 is 1.25 bits per heavy atom. The van der Waals surface area contributed by atoms with Crippen LogP contribution in [0.25, 0.3) is 0 Å². The summed E-state index contributed by atoms with van der Waals surface area (Å²) in [7, 11) is -3.08. The molecule has 0 aliphatic heterocycles. The van der Waals surface area contributed by atoms with Crippen molar-refractivity contribution in [1.82, 2.24) is 0 Å². The molecule has 116 valence electrons. The molecule has 0 aromatic heterocycles. The van der Waals surface area contributed by atoms with Gasteiger partial charge >= 0.3 is 13.6 Å². The lowest BCUT2D eigenvalue weighted by Gasteiger charge is -2.15. The standard InChI is InChI=1S/C14H25O5P/c1-5-17-13(15)14(11-12(14)4)9-8-10-20(16,18-6-2)19-7-3/h8-9,12H,5-7,10-11H2,1-4H3/b9-8+/t12?,14-/m0/s1. The zero-order chi connectivity index (χ0) is 15.2. The fraction of sp³-hybridized carbons (Fsp3) is 0.786. The van der Waals surface area contributed by atoms with Gasteiger partial charge in [0.15, 0.2) is 0 Å². The molecule has 0 bridgehead atoms. The average molecular weight is 304 g/mol. The first kappa shape index (κ1) is 17.4. The molecular formula is C14H25O5P. The summed E-state index contributed by atoms with van der Waals surface area (Å²) in [5.41, 5.74) is -0.542. The van der Waals surface area contributed by atoms with Crippen molar-refractivity contribution >= 4 is 13.6 Å². The highest BCUT2D eigenvalue weighted by Crippen LogP contribution is 2.55. The average Bonchev–Trinajstić information content (AvgIpc) is 3.02. The molecular weight excluding hydrogens is 279 g/mol. The SMILES string of the molecule is CCOC(=O)[C@@]1(/C=C/CP(=O)(OCC)OCC)CC1C. The van der Waals surface area contributed by atoms with Crippen LogP contribution in [0.2, 0.25) is 0 Å². The van der Waals surface area contributed by atoms with E-state index in [1.54, 1.807) is 32.9 Å². The summed E-state index contributed by atoms with van der Waals surface area (Å²) in [5.74, 6) is 0.0581. The highest BCUT2D eigenvalue weighted by Gasteiger charge is 2.56. The minimum Gasteiger partial charge on any atom is -0.465 e. The first-order valence-electron chi connectivity index (χ1n) is 7.17. The van der Waals surface area contributed by atoms with Crippen LogP contribution in [-0.2, 0) is 23.1 Å². The second-order valence-electron chi connectivity index (χ2n) is 4.90. The van der Waals surface area contributed by atoms with E-state index in [1.165, 1.54) is 0 Å². The number of ether oxygens (including phenoxy) is 1.